The van der Waals surface area contributed by atoms with E-state index in [1.54, 1.807) is 0 Å². The maximum absolute atomic E-state index is 11.7. The van der Waals surface area contributed by atoms with Crippen LogP contribution in [0.1, 0.15) is 78.6 Å². The van der Waals surface area contributed by atoms with Gasteiger partial charge < -0.3 is 20.1 Å². The summed E-state index contributed by atoms with van der Waals surface area (Å²) in [5.41, 5.74) is -0.0882. The van der Waals surface area contributed by atoms with Crippen LogP contribution in [0.15, 0.2) is 0 Å². The van der Waals surface area contributed by atoms with Crippen molar-refractivity contribution in [3.63, 3.8) is 0 Å². The number of aliphatic hydroxyl groups is 3. The Hall–Kier alpha value is -0.650. The molecule has 0 aromatic rings. The monoisotopic (exact) mass is 422 g/mol. The molecule has 4 fully saturated rings. The first kappa shape index (κ1) is 22.5. The minimum atomic E-state index is -0.369. The maximum atomic E-state index is 11.7. The molecule has 0 aliphatic heterocycles. The molecule has 5 heteroatoms. The smallest absolute Gasteiger partial charge is 0.305 e. The number of carbonyl (C=O) groups is 1. The van der Waals surface area contributed by atoms with Gasteiger partial charge in [0.15, 0.2) is 0 Å². The first-order valence-electron chi connectivity index (χ1n) is 12.2. The van der Waals surface area contributed by atoms with Crippen LogP contribution in [-0.4, -0.2) is 46.7 Å². The van der Waals surface area contributed by atoms with Gasteiger partial charge in [0, 0.05) is 6.42 Å². The lowest BCUT2D eigenvalue weighted by Crippen LogP contribution is -2.62. The normalized spacial score (nSPS) is 51.4. The predicted octanol–water partition coefficient (Wildman–Crippen LogP) is 3.54. The zero-order valence-electron chi connectivity index (χ0n) is 19.2. The topological polar surface area (TPSA) is 87.0 Å². The van der Waals surface area contributed by atoms with Crippen LogP contribution in [0.5, 0.6) is 0 Å². The van der Waals surface area contributed by atoms with E-state index >= 15 is 0 Å². The van der Waals surface area contributed by atoms with Crippen LogP contribution >= 0.6 is 0 Å². The third kappa shape index (κ3) is 3.34. The lowest BCUT2D eigenvalue weighted by molar-refractivity contribution is -0.207. The standard InChI is InChI=1S/C25H42O5/c1-14(5-8-22(29)30-4)17-6-7-18-23-19(13-21(28)25(17,18)3)24(2)10-9-16(26)11-15(24)12-20(23)27/h14-21,23,26-28H,5-13H2,1-4H3/t14-,15+,16+,17-,18+,19+,20+,21+,23+,24+,25-/m1/s1. The molecule has 0 heterocycles. The van der Waals surface area contributed by atoms with Gasteiger partial charge in [0.1, 0.15) is 0 Å². The van der Waals surface area contributed by atoms with Crippen molar-refractivity contribution in [2.75, 3.05) is 7.11 Å². The summed E-state index contributed by atoms with van der Waals surface area (Å²) in [7, 11) is 1.44. The Kier molecular flexibility index (Phi) is 6.04. The summed E-state index contributed by atoms with van der Waals surface area (Å²) in [6.45, 7) is 6.85. The van der Waals surface area contributed by atoms with Crippen LogP contribution in [0.2, 0.25) is 0 Å². The van der Waals surface area contributed by atoms with Gasteiger partial charge in [-0.25, -0.2) is 0 Å². The molecule has 0 aromatic carbocycles. The van der Waals surface area contributed by atoms with Crippen molar-refractivity contribution in [3.05, 3.63) is 0 Å². The molecule has 0 bridgehead atoms. The van der Waals surface area contributed by atoms with Gasteiger partial charge in [-0.15, -0.1) is 0 Å². The van der Waals surface area contributed by atoms with E-state index in [-0.39, 0.29) is 41.0 Å². The van der Waals surface area contributed by atoms with Crippen LogP contribution in [0.3, 0.4) is 0 Å². The summed E-state index contributed by atoms with van der Waals surface area (Å²) < 4.78 is 4.83. The third-order valence-corrected chi connectivity index (χ3v) is 10.6. The van der Waals surface area contributed by atoms with Crippen LogP contribution in [0.25, 0.3) is 0 Å². The molecule has 4 aliphatic rings. The highest BCUT2D eigenvalue weighted by Gasteiger charge is 2.65. The fourth-order valence-corrected chi connectivity index (χ4v) is 8.78. The fraction of sp³-hybridized carbons (Fsp3) is 0.960. The van der Waals surface area contributed by atoms with E-state index in [1.165, 1.54) is 7.11 Å². The van der Waals surface area contributed by atoms with Gasteiger partial charge in [-0.2, -0.15) is 0 Å². The number of esters is 1. The number of methoxy groups -OCH3 is 1. The summed E-state index contributed by atoms with van der Waals surface area (Å²) in [6.07, 6.45) is 6.60. The number of rotatable bonds is 4. The van der Waals surface area contributed by atoms with Gasteiger partial charge in [-0.05, 0) is 97.7 Å². The van der Waals surface area contributed by atoms with Gasteiger partial charge >= 0.3 is 5.97 Å². The second-order valence-electron chi connectivity index (χ2n) is 11.6. The number of ether oxygens (including phenoxy) is 1. The number of fused-ring (bicyclic) bond motifs is 5. The third-order valence-electron chi connectivity index (χ3n) is 10.6. The van der Waals surface area contributed by atoms with Crippen molar-refractivity contribution < 1.29 is 24.9 Å². The molecule has 3 N–H and O–H groups in total. The molecule has 4 aliphatic carbocycles. The molecule has 0 amide bonds. The first-order chi connectivity index (χ1) is 14.1. The zero-order valence-corrected chi connectivity index (χ0v) is 19.2. The molecule has 172 valence electrons. The van der Waals surface area contributed by atoms with E-state index in [2.05, 4.69) is 20.8 Å². The van der Waals surface area contributed by atoms with E-state index in [9.17, 15) is 20.1 Å². The van der Waals surface area contributed by atoms with Crippen molar-refractivity contribution in [1.82, 2.24) is 0 Å². The lowest BCUT2D eigenvalue weighted by atomic mass is 9.43. The van der Waals surface area contributed by atoms with Crippen molar-refractivity contribution in [3.8, 4) is 0 Å². The minimum Gasteiger partial charge on any atom is -0.469 e. The highest BCUT2D eigenvalue weighted by molar-refractivity contribution is 5.69. The van der Waals surface area contributed by atoms with E-state index in [4.69, 9.17) is 4.74 Å². The van der Waals surface area contributed by atoms with Gasteiger partial charge in [0.05, 0.1) is 25.4 Å². The Bertz CT molecular complexity index is 651. The van der Waals surface area contributed by atoms with Gasteiger partial charge in [0.2, 0.25) is 0 Å². The summed E-state index contributed by atoms with van der Waals surface area (Å²) in [6, 6.07) is 0. The largest absolute Gasteiger partial charge is 0.469 e. The first-order valence-corrected chi connectivity index (χ1v) is 12.2. The molecular weight excluding hydrogens is 380 g/mol. The van der Waals surface area contributed by atoms with Crippen LogP contribution < -0.4 is 0 Å². The molecule has 0 saturated heterocycles. The fourth-order valence-electron chi connectivity index (χ4n) is 8.78. The van der Waals surface area contributed by atoms with E-state index in [1.807, 2.05) is 0 Å². The average molecular weight is 423 g/mol. The molecule has 0 aromatic heterocycles. The van der Waals surface area contributed by atoms with Crippen molar-refractivity contribution in [1.29, 1.82) is 0 Å². The van der Waals surface area contributed by atoms with Gasteiger partial charge in [-0.3, -0.25) is 4.79 Å². The summed E-state index contributed by atoms with van der Waals surface area (Å²) in [5.74, 6) is 1.81. The van der Waals surface area contributed by atoms with Crippen molar-refractivity contribution in [2.24, 2.45) is 46.3 Å². The highest BCUT2D eigenvalue weighted by Crippen LogP contribution is 2.68. The minimum absolute atomic E-state index is 0.111. The number of aliphatic hydroxyl groups excluding tert-OH is 3. The molecule has 4 saturated carbocycles. The number of hydrogen-bond acceptors (Lipinski definition) is 5. The van der Waals surface area contributed by atoms with E-state index in [0.29, 0.717) is 36.0 Å². The van der Waals surface area contributed by atoms with Crippen LogP contribution in [-0.2, 0) is 9.53 Å². The molecule has 0 spiro atoms. The number of carbonyl (C=O) groups excluding carboxylic acids is 1. The van der Waals surface area contributed by atoms with Gasteiger partial charge in [0.25, 0.3) is 0 Å². The van der Waals surface area contributed by atoms with Crippen LogP contribution in [0, 0.1) is 46.3 Å². The molecule has 0 unspecified atom stereocenters. The quantitative estimate of drug-likeness (QED) is 0.603. The molecule has 11 atom stereocenters. The predicted molar refractivity (Wildman–Crippen MR) is 114 cm³/mol. The summed E-state index contributed by atoms with van der Waals surface area (Å²) >= 11 is 0. The SMILES string of the molecule is COC(=O)CC[C@@H](C)[C@H]1CC[C@H]2[C@@H]3[C@@H](O)C[C@@H]4C[C@@H](O)CC[C@]4(C)[C@H]3C[C@H](O)[C@]12C. The molecule has 30 heavy (non-hydrogen) atoms. The molecule has 0 radical (unpaired) electrons. The molecule has 4 rings (SSSR count). The van der Waals surface area contributed by atoms with E-state index < -0.39 is 0 Å². The lowest BCUT2D eigenvalue weighted by Gasteiger charge is -2.63. The molecular formula is C25H42O5. The van der Waals surface area contributed by atoms with Crippen molar-refractivity contribution in [2.45, 2.75) is 96.9 Å². The Labute approximate surface area is 181 Å². The van der Waals surface area contributed by atoms with Crippen molar-refractivity contribution >= 4 is 5.97 Å². The second kappa shape index (κ2) is 8.04. The van der Waals surface area contributed by atoms with Gasteiger partial charge in [-0.1, -0.05) is 20.8 Å². The Morgan fingerprint density at radius 3 is 2.50 bits per heavy atom. The molecule has 5 nitrogen and oxygen atoms in total. The second-order valence-corrected chi connectivity index (χ2v) is 11.6. The Morgan fingerprint density at radius 2 is 1.80 bits per heavy atom. The summed E-state index contributed by atoms with van der Waals surface area (Å²) in [4.78, 5) is 11.7. The Balaban J connectivity index is 1.58. The maximum Gasteiger partial charge on any atom is 0.305 e. The Morgan fingerprint density at radius 1 is 1.07 bits per heavy atom. The zero-order chi connectivity index (χ0) is 21.8. The summed E-state index contributed by atoms with van der Waals surface area (Å²) in [5, 5.41) is 33.1. The van der Waals surface area contributed by atoms with Crippen LogP contribution in [0.4, 0.5) is 0 Å². The van der Waals surface area contributed by atoms with E-state index in [0.717, 1.165) is 51.4 Å². The highest BCUT2D eigenvalue weighted by atomic mass is 16.5. The average Bonchev–Trinajstić information content (AvgIpc) is 3.06. The number of hydrogen-bond donors (Lipinski definition) is 3.